The summed E-state index contributed by atoms with van der Waals surface area (Å²) >= 11 is 0. The number of aromatic carboxylic acids is 1. The van der Waals surface area contributed by atoms with Gasteiger partial charge in [0.2, 0.25) is 10.0 Å². The molecule has 3 N–H and O–H groups in total. The predicted octanol–water partition coefficient (Wildman–Crippen LogP) is -0.431. The number of carbonyl (C=O) groups is 1. The largest absolute Gasteiger partial charge is 0.477 e. The fourth-order valence-electron chi connectivity index (χ4n) is 1.33. The average Bonchev–Trinajstić information content (AvgIpc) is 2.83. The number of nitrogens with one attached hydrogen (secondary N) is 2. The van der Waals surface area contributed by atoms with E-state index in [2.05, 4.69) is 9.71 Å². The van der Waals surface area contributed by atoms with E-state index in [1.54, 1.807) is 0 Å². The van der Waals surface area contributed by atoms with Gasteiger partial charge < -0.3 is 19.7 Å². The number of H-pyrrole nitrogens is 1. The van der Waals surface area contributed by atoms with Gasteiger partial charge in [0.15, 0.2) is 0 Å². The summed E-state index contributed by atoms with van der Waals surface area (Å²) in [6.07, 6.45) is 1.14. The van der Waals surface area contributed by atoms with E-state index in [1.165, 1.54) is 0 Å². The van der Waals surface area contributed by atoms with Crippen LogP contribution in [0.5, 0.6) is 0 Å². The summed E-state index contributed by atoms with van der Waals surface area (Å²) < 4.78 is 31.2. The van der Waals surface area contributed by atoms with Crippen molar-refractivity contribution in [2.75, 3.05) is 40.4 Å². The van der Waals surface area contributed by atoms with E-state index in [9.17, 15) is 13.2 Å². The van der Waals surface area contributed by atoms with Gasteiger partial charge in [-0.2, -0.15) is 0 Å². The molecule has 0 radical (unpaired) electrons. The monoisotopic (exact) mass is 305 g/mol. The molecule has 0 saturated carbocycles. The van der Waals surface area contributed by atoms with Gasteiger partial charge in [-0.15, -0.1) is 0 Å². The number of hydrogen-bond donors (Lipinski definition) is 3. The van der Waals surface area contributed by atoms with Crippen molar-refractivity contribution in [3.05, 3.63) is 18.0 Å². The van der Waals surface area contributed by atoms with Gasteiger partial charge in [-0.05, 0) is 20.2 Å². The summed E-state index contributed by atoms with van der Waals surface area (Å²) in [5.74, 6) is -1.21. The number of rotatable bonds is 9. The minimum atomic E-state index is -3.71. The molecule has 0 unspecified atom stereocenters. The van der Waals surface area contributed by atoms with E-state index in [1.807, 2.05) is 19.0 Å². The van der Waals surface area contributed by atoms with Crippen molar-refractivity contribution in [3.63, 3.8) is 0 Å². The van der Waals surface area contributed by atoms with Crippen molar-refractivity contribution in [3.8, 4) is 0 Å². The van der Waals surface area contributed by atoms with Gasteiger partial charge in [0, 0.05) is 19.3 Å². The molecule has 0 aliphatic rings. The molecule has 0 bridgehead atoms. The molecule has 9 heteroatoms. The molecule has 114 valence electrons. The van der Waals surface area contributed by atoms with Crippen molar-refractivity contribution in [2.45, 2.75) is 4.90 Å². The molecule has 0 aromatic carbocycles. The van der Waals surface area contributed by atoms with Gasteiger partial charge >= 0.3 is 5.97 Å². The lowest BCUT2D eigenvalue weighted by Gasteiger charge is -2.10. The van der Waals surface area contributed by atoms with Crippen LogP contribution in [0.2, 0.25) is 0 Å². The SMILES string of the molecule is CN(C)CCOCCNS(=O)(=O)c1c[nH]c(C(=O)O)c1. The van der Waals surface area contributed by atoms with E-state index in [0.717, 1.165) is 18.8 Å². The molecule has 0 spiro atoms. The first kappa shape index (κ1) is 16.6. The highest BCUT2D eigenvalue weighted by molar-refractivity contribution is 7.89. The number of carboxylic acid groups (broad SMARTS) is 1. The smallest absolute Gasteiger partial charge is 0.352 e. The summed E-state index contributed by atoms with van der Waals surface area (Å²) in [6.45, 7) is 1.65. The lowest BCUT2D eigenvalue weighted by molar-refractivity contribution is 0.0691. The van der Waals surface area contributed by atoms with Crippen molar-refractivity contribution in [1.82, 2.24) is 14.6 Å². The highest BCUT2D eigenvalue weighted by Gasteiger charge is 2.17. The van der Waals surface area contributed by atoms with E-state index >= 15 is 0 Å². The molecule has 0 atom stereocenters. The molecule has 8 nitrogen and oxygen atoms in total. The maximum atomic E-state index is 11.8. The van der Waals surface area contributed by atoms with E-state index in [-0.39, 0.29) is 23.7 Å². The van der Waals surface area contributed by atoms with Crippen LogP contribution < -0.4 is 4.72 Å². The van der Waals surface area contributed by atoms with Crippen LogP contribution in [0, 0.1) is 0 Å². The molecule has 0 saturated heterocycles. The van der Waals surface area contributed by atoms with E-state index < -0.39 is 16.0 Å². The van der Waals surface area contributed by atoms with E-state index in [0.29, 0.717) is 6.61 Å². The molecule has 1 heterocycles. The topological polar surface area (TPSA) is 112 Å². The van der Waals surface area contributed by atoms with Crippen LogP contribution in [0.3, 0.4) is 0 Å². The van der Waals surface area contributed by atoms with Crippen molar-refractivity contribution in [1.29, 1.82) is 0 Å². The van der Waals surface area contributed by atoms with Gasteiger partial charge in [0.1, 0.15) is 10.6 Å². The molecule has 1 aromatic rings. The minimum Gasteiger partial charge on any atom is -0.477 e. The van der Waals surface area contributed by atoms with Crippen molar-refractivity contribution in [2.24, 2.45) is 0 Å². The van der Waals surface area contributed by atoms with Gasteiger partial charge in [0.05, 0.1) is 13.2 Å². The molecule has 0 amide bonds. The number of nitrogens with zero attached hydrogens (tertiary/aromatic N) is 1. The van der Waals surface area contributed by atoms with Crippen LogP contribution in [0.15, 0.2) is 17.2 Å². The Morgan fingerprint density at radius 1 is 1.45 bits per heavy atom. The zero-order valence-corrected chi connectivity index (χ0v) is 12.2. The second kappa shape index (κ2) is 7.39. The molecule has 0 aliphatic carbocycles. The summed E-state index contributed by atoms with van der Waals surface area (Å²) in [5.41, 5.74) is -0.174. The first-order valence-electron chi connectivity index (χ1n) is 5.97. The number of likely N-dealkylation sites (N-methyl/N-ethyl adjacent to an activating group) is 1. The van der Waals surface area contributed by atoms with Gasteiger partial charge in [-0.3, -0.25) is 0 Å². The van der Waals surface area contributed by atoms with Crippen molar-refractivity contribution < 1.29 is 23.1 Å². The third kappa shape index (κ3) is 5.29. The summed E-state index contributed by atoms with van der Waals surface area (Å²) in [6, 6.07) is 1.07. The number of hydrogen-bond acceptors (Lipinski definition) is 5. The van der Waals surface area contributed by atoms with Crippen molar-refractivity contribution >= 4 is 16.0 Å². The number of carboxylic acids is 1. The molecule has 0 aliphatic heterocycles. The Morgan fingerprint density at radius 2 is 2.15 bits per heavy atom. The highest BCUT2D eigenvalue weighted by Crippen LogP contribution is 2.10. The summed E-state index contributed by atoms with van der Waals surface area (Å²) in [7, 11) is 0.118. The van der Waals surface area contributed by atoms with Crippen LogP contribution in [0.25, 0.3) is 0 Å². The maximum Gasteiger partial charge on any atom is 0.352 e. The third-order valence-electron chi connectivity index (χ3n) is 2.42. The normalized spacial score (nSPS) is 11.9. The van der Waals surface area contributed by atoms with Crippen LogP contribution >= 0.6 is 0 Å². The first-order chi connectivity index (χ1) is 9.33. The van der Waals surface area contributed by atoms with Crippen LogP contribution in [0.4, 0.5) is 0 Å². The number of ether oxygens (including phenoxy) is 1. The van der Waals surface area contributed by atoms with Crippen LogP contribution in [0.1, 0.15) is 10.5 Å². The molecule has 1 aromatic heterocycles. The number of aromatic nitrogens is 1. The Labute approximate surface area is 117 Å². The van der Waals surface area contributed by atoms with Crippen LogP contribution in [-0.2, 0) is 14.8 Å². The van der Waals surface area contributed by atoms with E-state index in [4.69, 9.17) is 9.84 Å². The predicted molar refractivity (Wildman–Crippen MR) is 72.3 cm³/mol. The molecule has 1 rings (SSSR count). The quantitative estimate of drug-likeness (QED) is 0.534. The third-order valence-corrected chi connectivity index (χ3v) is 3.86. The molecule has 0 fully saturated rings. The number of aromatic amines is 1. The Bertz CT molecular complexity index is 538. The van der Waals surface area contributed by atoms with Gasteiger partial charge in [-0.25, -0.2) is 17.9 Å². The van der Waals surface area contributed by atoms with Gasteiger partial charge in [0.25, 0.3) is 0 Å². The molecular weight excluding hydrogens is 286 g/mol. The second-order valence-electron chi connectivity index (χ2n) is 4.37. The Kier molecular flexibility index (Phi) is 6.14. The lowest BCUT2D eigenvalue weighted by atomic mass is 10.4. The minimum absolute atomic E-state index is 0.108. The molecular formula is C11H19N3O5S. The fourth-order valence-corrected chi connectivity index (χ4v) is 2.34. The standard InChI is InChI=1S/C11H19N3O5S/c1-14(2)4-6-19-5-3-13-20(17,18)9-7-10(11(15)16)12-8-9/h7-8,12-13H,3-6H2,1-2H3,(H,15,16). The summed E-state index contributed by atoms with van der Waals surface area (Å²) in [4.78, 5) is 14.9. The zero-order valence-electron chi connectivity index (χ0n) is 11.4. The highest BCUT2D eigenvalue weighted by atomic mass is 32.2. The lowest BCUT2D eigenvalue weighted by Crippen LogP contribution is -2.28. The van der Waals surface area contributed by atoms with Crippen LogP contribution in [-0.4, -0.2) is 69.8 Å². The Hall–Kier alpha value is -1.42. The van der Waals surface area contributed by atoms with Gasteiger partial charge in [-0.1, -0.05) is 0 Å². The summed E-state index contributed by atoms with van der Waals surface area (Å²) in [5, 5.41) is 8.71. The second-order valence-corrected chi connectivity index (χ2v) is 6.13. The maximum absolute atomic E-state index is 11.8. The fraction of sp³-hybridized carbons (Fsp3) is 0.545. The first-order valence-corrected chi connectivity index (χ1v) is 7.45. The average molecular weight is 305 g/mol. The Morgan fingerprint density at radius 3 is 2.70 bits per heavy atom. The number of sulfonamides is 1. The zero-order chi connectivity index (χ0) is 15.2. The Balaban J connectivity index is 2.39. The molecule has 20 heavy (non-hydrogen) atoms.